The molecule has 0 radical (unpaired) electrons. The Kier molecular flexibility index (Phi) is 9.76. The highest BCUT2D eigenvalue weighted by atomic mass is 35.5. The van der Waals surface area contributed by atoms with E-state index in [2.05, 4.69) is 5.32 Å². The summed E-state index contributed by atoms with van der Waals surface area (Å²) in [5.41, 5.74) is 2.05. The molecule has 2 aromatic rings. The highest BCUT2D eigenvalue weighted by molar-refractivity contribution is 7.92. The Labute approximate surface area is 206 Å². The zero-order valence-corrected chi connectivity index (χ0v) is 21.7. The number of hydrogen-bond donors (Lipinski definition) is 1. The van der Waals surface area contributed by atoms with Gasteiger partial charge >= 0.3 is 0 Å². The molecule has 0 fully saturated rings. The summed E-state index contributed by atoms with van der Waals surface area (Å²) >= 11 is 6.08. The number of carbonyl (C=O) groups is 2. The Morgan fingerprint density at radius 2 is 1.88 bits per heavy atom. The van der Waals surface area contributed by atoms with Crippen molar-refractivity contribution in [2.45, 2.75) is 39.3 Å². The SMILES string of the molecule is CNC(=O)[C@@H](C)N(Cc1cccc(OC)c1)C(=O)CCCN(c1cc(Cl)ccc1C)S(C)(=O)=O. The van der Waals surface area contributed by atoms with Crippen molar-refractivity contribution >= 4 is 39.1 Å². The van der Waals surface area contributed by atoms with Crippen LogP contribution >= 0.6 is 11.6 Å². The van der Waals surface area contributed by atoms with Gasteiger partial charge in [0, 0.05) is 31.6 Å². The van der Waals surface area contributed by atoms with Gasteiger partial charge in [-0.1, -0.05) is 29.8 Å². The summed E-state index contributed by atoms with van der Waals surface area (Å²) < 4.78 is 31.4. The standard InChI is InChI=1S/C24H32ClN3O5S/c1-17-11-12-20(25)15-22(17)28(34(5,31)32)13-7-10-23(29)27(18(2)24(30)26-3)16-19-8-6-9-21(14-19)33-4/h6,8-9,11-12,14-15,18H,7,10,13,16H2,1-5H3,(H,26,30)/t18-/m1/s1. The van der Waals surface area contributed by atoms with E-state index >= 15 is 0 Å². The highest BCUT2D eigenvalue weighted by Crippen LogP contribution is 2.27. The molecule has 0 aromatic heterocycles. The minimum absolute atomic E-state index is 0.0664. The summed E-state index contributed by atoms with van der Waals surface area (Å²) in [6.45, 7) is 3.78. The molecule has 1 atom stereocenters. The number of methoxy groups -OCH3 is 1. The number of sulfonamides is 1. The quantitative estimate of drug-likeness (QED) is 0.501. The second kappa shape index (κ2) is 12.1. The Bertz CT molecular complexity index is 1120. The van der Waals surface area contributed by atoms with Crippen molar-refractivity contribution in [3.05, 3.63) is 58.6 Å². The predicted octanol–water partition coefficient (Wildman–Crippen LogP) is 3.37. The molecule has 2 aromatic carbocycles. The van der Waals surface area contributed by atoms with E-state index in [1.807, 2.05) is 18.2 Å². The molecule has 34 heavy (non-hydrogen) atoms. The van der Waals surface area contributed by atoms with Crippen LogP contribution in [0.2, 0.25) is 5.02 Å². The molecule has 186 valence electrons. The summed E-state index contributed by atoms with van der Waals surface area (Å²) in [4.78, 5) is 27.0. The molecule has 1 N–H and O–H groups in total. The van der Waals surface area contributed by atoms with E-state index in [-0.39, 0.29) is 37.7 Å². The van der Waals surface area contributed by atoms with Gasteiger partial charge < -0.3 is 15.0 Å². The summed E-state index contributed by atoms with van der Waals surface area (Å²) in [5, 5.41) is 3.00. The summed E-state index contributed by atoms with van der Waals surface area (Å²) in [7, 11) is -0.516. The van der Waals surface area contributed by atoms with Gasteiger partial charge in [0.2, 0.25) is 21.8 Å². The van der Waals surface area contributed by atoms with E-state index in [1.165, 1.54) is 16.3 Å². The van der Waals surface area contributed by atoms with E-state index < -0.39 is 16.1 Å². The van der Waals surface area contributed by atoms with Crippen LogP contribution in [0.4, 0.5) is 5.69 Å². The maximum absolute atomic E-state index is 13.2. The average molecular weight is 510 g/mol. The van der Waals surface area contributed by atoms with Crippen LogP contribution in [0.3, 0.4) is 0 Å². The van der Waals surface area contributed by atoms with E-state index in [9.17, 15) is 18.0 Å². The number of anilines is 1. The maximum atomic E-state index is 13.2. The van der Waals surface area contributed by atoms with Crippen LogP contribution in [-0.2, 0) is 26.2 Å². The molecular weight excluding hydrogens is 478 g/mol. The van der Waals surface area contributed by atoms with Gasteiger partial charge in [0.25, 0.3) is 0 Å². The Morgan fingerprint density at radius 3 is 2.50 bits per heavy atom. The van der Waals surface area contributed by atoms with Gasteiger partial charge in [0.1, 0.15) is 11.8 Å². The fraction of sp³-hybridized carbons (Fsp3) is 0.417. The number of carbonyl (C=O) groups excluding carboxylic acids is 2. The van der Waals surface area contributed by atoms with Crippen LogP contribution in [0, 0.1) is 6.92 Å². The van der Waals surface area contributed by atoms with Crippen LogP contribution < -0.4 is 14.4 Å². The van der Waals surface area contributed by atoms with Crippen molar-refractivity contribution < 1.29 is 22.7 Å². The van der Waals surface area contributed by atoms with Crippen LogP contribution in [0.5, 0.6) is 5.75 Å². The van der Waals surface area contributed by atoms with Gasteiger partial charge in [-0.05, 0) is 55.7 Å². The van der Waals surface area contributed by atoms with Crippen LogP contribution in [0.15, 0.2) is 42.5 Å². The van der Waals surface area contributed by atoms with Gasteiger partial charge in [0.15, 0.2) is 0 Å². The highest BCUT2D eigenvalue weighted by Gasteiger charge is 2.26. The molecule has 0 aliphatic heterocycles. The van der Waals surface area contributed by atoms with Crippen molar-refractivity contribution in [2.24, 2.45) is 0 Å². The summed E-state index contributed by atoms with van der Waals surface area (Å²) in [6, 6.07) is 11.6. The number of amides is 2. The number of rotatable bonds is 11. The number of nitrogens with zero attached hydrogens (tertiary/aromatic N) is 2. The fourth-order valence-corrected chi connectivity index (χ4v) is 4.77. The van der Waals surface area contributed by atoms with E-state index in [4.69, 9.17) is 16.3 Å². The first kappa shape index (κ1) is 27.5. The van der Waals surface area contributed by atoms with Crippen molar-refractivity contribution in [1.29, 1.82) is 0 Å². The van der Waals surface area contributed by atoms with Crippen LogP contribution in [-0.4, -0.2) is 58.1 Å². The van der Waals surface area contributed by atoms with Crippen molar-refractivity contribution in [2.75, 3.05) is 31.3 Å². The largest absolute Gasteiger partial charge is 0.497 e. The van der Waals surface area contributed by atoms with Crippen molar-refractivity contribution in [3.63, 3.8) is 0 Å². The lowest BCUT2D eigenvalue weighted by molar-refractivity contribution is -0.140. The van der Waals surface area contributed by atoms with Crippen molar-refractivity contribution in [3.8, 4) is 5.75 Å². The normalized spacial score (nSPS) is 12.1. The number of ether oxygens (including phenoxy) is 1. The monoisotopic (exact) mass is 509 g/mol. The molecular formula is C24H32ClN3O5S. The third-order valence-corrected chi connectivity index (χ3v) is 6.91. The van der Waals surface area contributed by atoms with Gasteiger partial charge in [-0.15, -0.1) is 0 Å². The summed E-state index contributed by atoms with van der Waals surface area (Å²) in [5.74, 6) is 0.108. The first-order valence-electron chi connectivity index (χ1n) is 10.9. The lowest BCUT2D eigenvalue weighted by Crippen LogP contribution is -2.46. The zero-order valence-electron chi connectivity index (χ0n) is 20.2. The second-order valence-electron chi connectivity index (χ2n) is 8.03. The van der Waals surface area contributed by atoms with E-state index in [0.717, 1.165) is 17.4 Å². The van der Waals surface area contributed by atoms with Crippen molar-refractivity contribution in [1.82, 2.24) is 10.2 Å². The van der Waals surface area contributed by atoms with E-state index in [0.29, 0.717) is 16.5 Å². The molecule has 2 amide bonds. The van der Waals surface area contributed by atoms with E-state index in [1.54, 1.807) is 45.2 Å². The van der Waals surface area contributed by atoms with Gasteiger partial charge in [0.05, 0.1) is 19.1 Å². The Hall–Kier alpha value is -2.78. The van der Waals surface area contributed by atoms with Crippen LogP contribution in [0.1, 0.15) is 30.9 Å². The lowest BCUT2D eigenvalue weighted by atomic mass is 10.1. The molecule has 0 aliphatic rings. The minimum Gasteiger partial charge on any atom is -0.497 e. The first-order chi connectivity index (χ1) is 16.0. The van der Waals surface area contributed by atoms with Gasteiger partial charge in [-0.2, -0.15) is 0 Å². The average Bonchev–Trinajstić information content (AvgIpc) is 2.80. The number of aryl methyl sites for hydroxylation is 1. The number of nitrogens with one attached hydrogen (secondary N) is 1. The number of benzene rings is 2. The second-order valence-corrected chi connectivity index (χ2v) is 10.4. The zero-order chi connectivity index (χ0) is 25.5. The number of hydrogen-bond acceptors (Lipinski definition) is 5. The topological polar surface area (TPSA) is 96.0 Å². The van der Waals surface area contributed by atoms with Gasteiger partial charge in [-0.25, -0.2) is 8.42 Å². The Balaban J connectivity index is 2.19. The first-order valence-corrected chi connectivity index (χ1v) is 13.1. The molecule has 0 unspecified atom stereocenters. The fourth-order valence-electron chi connectivity index (χ4n) is 3.59. The summed E-state index contributed by atoms with van der Waals surface area (Å²) in [6.07, 6.45) is 1.46. The molecule has 2 rings (SSSR count). The molecule has 0 saturated heterocycles. The maximum Gasteiger partial charge on any atom is 0.242 e. The lowest BCUT2D eigenvalue weighted by Gasteiger charge is -2.29. The smallest absolute Gasteiger partial charge is 0.242 e. The molecule has 0 heterocycles. The molecule has 0 saturated carbocycles. The number of likely N-dealkylation sites (N-methyl/N-ethyl adjacent to an activating group) is 1. The molecule has 0 bridgehead atoms. The molecule has 0 spiro atoms. The third-order valence-electron chi connectivity index (χ3n) is 5.49. The molecule has 10 heteroatoms. The van der Waals surface area contributed by atoms with Gasteiger partial charge in [-0.3, -0.25) is 13.9 Å². The third kappa shape index (κ3) is 7.36. The van der Waals surface area contributed by atoms with Crippen LogP contribution in [0.25, 0.3) is 0 Å². The molecule has 8 nitrogen and oxygen atoms in total. The predicted molar refractivity (Wildman–Crippen MR) is 135 cm³/mol. The Morgan fingerprint density at radius 1 is 1.18 bits per heavy atom. The molecule has 0 aliphatic carbocycles. The number of halogens is 1. The minimum atomic E-state index is -3.59.